The van der Waals surface area contributed by atoms with Gasteiger partial charge in [-0.15, -0.1) is 0 Å². The standard InChI is InChI=1S/C20H23NO6S/c1-26-20(23)18(12-13-28(24,25)17-10-6-3-7-11-17)21-19(22)15-27-14-16-8-4-2-5-9-16/h2-11,18H,12-15H2,1H3,(H,21,22)/t18-/m0/s1. The van der Waals surface area contributed by atoms with E-state index >= 15 is 0 Å². The molecule has 8 heteroatoms. The average Bonchev–Trinajstić information content (AvgIpc) is 2.72. The zero-order valence-corrected chi connectivity index (χ0v) is 16.4. The number of ether oxygens (including phenoxy) is 2. The van der Waals surface area contributed by atoms with Crippen molar-refractivity contribution in [2.75, 3.05) is 19.5 Å². The minimum atomic E-state index is -3.58. The maximum Gasteiger partial charge on any atom is 0.328 e. The Balaban J connectivity index is 1.88. The van der Waals surface area contributed by atoms with E-state index in [9.17, 15) is 18.0 Å². The Kier molecular flexibility index (Phi) is 8.16. The molecule has 0 unspecified atom stereocenters. The van der Waals surface area contributed by atoms with Gasteiger partial charge in [-0.3, -0.25) is 4.79 Å². The van der Waals surface area contributed by atoms with Crippen molar-refractivity contribution < 1.29 is 27.5 Å². The molecule has 28 heavy (non-hydrogen) atoms. The molecule has 2 aromatic rings. The van der Waals surface area contributed by atoms with Crippen LogP contribution in [-0.4, -0.2) is 45.8 Å². The van der Waals surface area contributed by atoms with Gasteiger partial charge in [-0.05, 0) is 24.1 Å². The van der Waals surface area contributed by atoms with Crippen molar-refractivity contribution >= 4 is 21.7 Å². The number of methoxy groups -OCH3 is 1. The minimum absolute atomic E-state index is 0.103. The summed E-state index contributed by atoms with van der Waals surface area (Å²) in [6.45, 7) is -0.00659. The van der Waals surface area contributed by atoms with E-state index in [4.69, 9.17) is 4.74 Å². The van der Waals surface area contributed by atoms with E-state index in [1.54, 1.807) is 18.2 Å². The Bertz CT molecular complexity index is 868. The first-order chi connectivity index (χ1) is 13.4. The SMILES string of the molecule is COC(=O)[C@H](CCS(=O)(=O)c1ccccc1)NC(=O)COCc1ccccc1. The van der Waals surface area contributed by atoms with Crippen LogP contribution in [0.4, 0.5) is 0 Å². The molecule has 0 fully saturated rings. The Morgan fingerprint density at radius 1 is 1.00 bits per heavy atom. The van der Waals surface area contributed by atoms with E-state index in [1.807, 2.05) is 30.3 Å². The summed E-state index contributed by atoms with van der Waals surface area (Å²) < 4.78 is 34.7. The van der Waals surface area contributed by atoms with Crippen LogP contribution >= 0.6 is 0 Å². The van der Waals surface area contributed by atoms with Gasteiger partial charge >= 0.3 is 5.97 Å². The summed E-state index contributed by atoms with van der Waals surface area (Å²) >= 11 is 0. The van der Waals surface area contributed by atoms with Gasteiger partial charge in [0, 0.05) is 0 Å². The number of hydrogen-bond donors (Lipinski definition) is 1. The summed E-state index contributed by atoms with van der Waals surface area (Å²) in [7, 11) is -2.40. The molecular weight excluding hydrogens is 382 g/mol. The summed E-state index contributed by atoms with van der Waals surface area (Å²) in [6.07, 6.45) is -0.103. The van der Waals surface area contributed by atoms with Crippen molar-refractivity contribution in [2.45, 2.75) is 24.0 Å². The zero-order chi connectivity index (χ0) is 20.4. The lowest BCUT2D eigenvalue weighted by Gasteiger charge is -2.16. The second-order valence-corrected chi connectivity index (χ2v) is 8.15. The highest BCUT2D eigenvalue weighted by Gasteiger charge is 2.25. The maximum absolute atomic E-state index is 12.4. The highest BCUT2D eigenvalue weighted by molar-refractivity contribution is 7.91. The first-order valence-corrected chi connectivity index (χ1v) is 10.3. The Hall–Kier alpha value is -2.71. The lowest BCUT2D eigenvalue weighted by atomic mass is 10.2. The summed E-state index contributed by atoms with van der Waals surface area (Å²) in [6, 6.07) is 16.2. The quantitative estimate of drug-likeness (QED) is 0.605. The maximum atomic E-state index is 12.4. The summed E-state index contributed by atoms with van der Waals surface area (Å²) in [5.74, 6) is -1.54. The van der Waals surface area contributed by atoms with Crippen LogP contribution in [0, 0.1) is 0 Å². The van der Waals surface area contributed by atoms with Gasteiger partial charge in [-0.25, -0.2) is 13.2 Å². The molecule has 0 saturated heterocycles. The molecule has 150 valence electrons. The molecule has 0 spiro atoms. The van der Waals surface area contributed by atoms with Crippen LogP contribution in [0.15, 0.2) is 65.6 Å². The van der Waals surface area contributed by atoms with Gasteiger partial charge < -0.3 is 14.8 Å². The number of hydrogen-bond acceptors (Lipinski definition) is 6. The third-order valence-corrected chi connectivity index (χ3v) is 5.71. The van der Waals surface area contributed by atoms with Crippen LogP contribution in [-0.2, 0) is 35.5 Å². The number of carbonyl (C=O) groups excluding carboxylic acids is 2. The molecule has 7 nitrogen and oxygen atoms in total. The lowest BCUT2D eigenvalue weighted by Crippen LogP contribution is -2.44. The van der Waals surface area contributed by atoms with Gasteiger partial charge in [0.05, 0.1) is 24.4 Å². The molecule has 0 heterocycles. The van der Waals surface area contributed by atoms with Gasteiger partial charge in [0.1, 0.15) is 12.6 Å². The Labute approximate surface area is 164 Å². The van der Waals surface area contributed by atoms with Crippen molar-refractivity contribution in [3.8, 4) is 0 Å². The molecular formula is C20H23NO6S. The van der Waals surface area contributed by atoms with Gasteiger partial charge in [0.25, 0.3) is 0 Å². The third-order valence-electron chi connectivity index (χ3n) is 3.94. The van der Waals surface area contributed by atoms with Gasteiger partial charge in [0.15, 0.2) is 9.84 Å². The van der Waals surface area contributed by atoms with Gasteiger partial charge in [-0.1, -0.05) is 48.5 Å². The van der Waals surface area contributed by atoms with Crippen molar-refractivity contribution in [3.05, 3.63) is 66.2 Å². The molecule has 1 amide bonds. The molecule has 0 bridgehead atoms. The number of esters is 1. The molecule has 1 atom stereocenters. The largest absolute Gasteiger partial charge is 0.467 e. The highest BCUT2D eigenvalue weighted by Crippen LogP contribution is 2.12. The Morgan fingerprint density at radius 3 is 2.21 bits per heavy atom. The number of benzene rings is 2. The number of sulfone groups is 1. The number of rotatable bonds is 10. The molecule has 1 N–H and O–H groups in total. The molecule has 2 rings (SSSR count). The second kappa shape index (κ2) is 10.6. The predicted molar refractivity (Wildman–Crippen MR) is 103 cm³/mol. The molecule has 0 aromatic heterocycles. The highest BCUT2D eigenvalue weighted by atomic mass is 32.2. The van der Waals surface area contributed by atoms with Crippen molar-refractivity contribution in [1.82, 2.24) is 5.32 Å². The molecule has 2 aromatic carbocycles. The van der Waals surface area contributed by atoms with Crippen LogP contribution in [0.2, 0.25) is 0 Å². The lowest BCUT2D eigenvalue weighted by molar-refractivity contribution is -0.145. The van der Waals surface area contributed by atoms with E-state index in [1.165, 1.54) is 19.2 Å². The van der Waals surface area contributed by atoms with Crippen LogP contribution in [0.3, 0.4) is 0 Å². The minimum Gasteiger partial charge on any atom is -0.467 e. The zero-order valence-electron chi connectivity index (χ0n) is 15.5. The topological polar surface area (TPSA) is 98.8 Å². The van der Waals surface area contributed by atoms with E-state index in [0.29, 0.717) is 0 Å². The first-order valence-electron chi connectivity index (χ1n) is 8.69. The van der Waals surface area contributed by atoms with Crippen LogP contribution in [0.5, 0.6) is 0 Å². The van der Waals surface area contributed by atoms with Crippen molar-refractivity contribution in [2.24, 2.45) is 0 Å². The predicted octanol–water partition coefficient (Wildman–Crippen LogP) is 1.72. The van der Waals surface area contributed by atoms with E-state index in [2.05, 4.69) is 10.1 Å². The number of amides is 1. The molecule has 0 radical (unpaired) electrons. The third kappa shape index (κ3) is 6.79. The molecule has 0 aliphatic heterocycles. The summed E-state index contributed by atoms with van der Waals surface area (Å²) in [5, 5.41) is 2.48. The van der Waals surface area contributed by atoms with Gasteiger partial charge in [0.2, 0.25) is 5.91 Å². The fraction of sp³-hybridized carbons (Fsp3) is 0.300. The van der Waals surface area contributed by atoms with Crippen LogP contribution in [0.25, 0.3) is 0 Å². The molecule has 0 aliphatic carbocycles. The molecule has 0 aliphatic rings. The summed E-state index contributed by atoms with van der Waals surface area (Å²) in [4.78, 5) is 24.2. The van der Waals surface area contributed by atoms with Crippen LogP contribution < -0.4 is 5.32 Å². The fourth-order valence-electron chi connectivity index (χ4n) is 2.48. The van der Waals surface area contributed by atoms with Gasteiger partial charge in [-0.2, -0.15) is 0 Å². The van der Waals surface area contributed by atoms with E-state index in [0.717, 1.165) is 5.56 Å². The van der Waals surface area contributed by atoms with Crippen molar-refractivity contribution in [3.63, 3.8) is 0 Å². The summed E-state index contributed by atoms with van der Waals surface area (Å²) in [5.41, 5.74) is 0.911. The normalized spacial score (nSPS) is 12.2. The Morgan fingerprint density at radius 2 is 1.61 bits per heavy atom. The monoisotopic (exact) mass is 405 g/mol. The average molecular weight is 405 g/mol. The number of carbonyl (C=O) groups is 2. The van der Waals surface area contributed by atoms with E-state index < -0.39 is 27.8 Å². The van der Waals surface area contributed by atoms with Crippen molar-refractivity contribution in [1.29, 1.82) is 0 Å². The van der Waals surface area contributed by atoms with E-state index in [-0.39, 0.29) is 30.3 Å². The van der Waals surface area contributed by atoms with Crippen LogP contribution in [0.1, 0.15) is 12.0 Å². The smallest absolute Gasteiger partial charge is 0.328 e. The second-order valence-electron chi connectivity index (χ2n) is 6.04. The number of nitrogens with one attached hydrogen (secondary N) is 1. The molecule has 0 saturated carbocycles. The fourth-order valence-corrected chi connectivity index (χ4v) is 3.84. The first kappa shape index (κ1) is 21.6.